The molecule has 0 aliphatic carbocycles. The molecule has 178 valence electrons. The minimum absolute atomic E-state index is 0.288. The molecule has 0 bridgehead atoms. The van der Waals surface area contributed by atoms with E-state index in [4.69, 9.17) is 18.9 Å². The Balaban J connectivity index is 2.39. The first kappa shape index (κ1) is 25.8. The minimum atomic E-state index is -0.292. The summed E-state index contributed by atoms with van der Waals surface area (Å²) in [5.41, 5.74) is 1.48. The molecule has 8 heteroatoms. The molecule has 0 atom stereocenters. The number of rotatable bonds is 16. The van der Waals surface area contributed by atoms with E-state index in [-0.39, 0.29) is 11.8 Å². The average molecular weight is 449 g/mol. The average Bonchev–Trinajstić information content (AvgIpc) is 3.05. The van der Waals surface area contributed by atoms with Crippen LogP contribution in [0.4, 0.5) is 0 Å². The van der Waals surface area contributed by atoms with Crippen LogP contribution in [-0.4, -0.2) is 88.5 Å². The van der Waals surface area contributed by atoms with Gasteiger partial charge in [-0.2, -0.15) is 0 Å². The zero-order chi connectivity index (χ0) is 23.3. The number of carbonyl (C=O) groups is 2. The molecular weight excluding hydrogens is 412 g/mol. The Labute approximate surface area is 191 Å². The Morgan fingerprint density at radius 3 is 2.09 bits per heavy atom. The molecule has 0 saturated carbocycles. The summed E-state index contributed by atoms with van der Waals surface area (Å²) in [4.78, 5) is 30.0. The molecule has 32 heavy (non-hydrogen) atoms. The van der Waals surface area contributed by atoms with E-state index in [1.165, 1.54) is 4.90 Å². The molecule has 0 aromatic heterocycles. The van der Waals surface area contributed by atoms with E-state index in [9.17, 15) is 9.59 Å². The Hall–Kier alpha value is -2.42. The molecule has 1 aliphatic rings. The van der Waals surface area contributed by atoms with Crippen LogP contribution in [0.5, 0.6) is 5.75 Å². The number of nitrogens with zero attached hydrogens (tertiary/aromatic N) is 2. The van der Waals surface area contributed by atoms with E-state index >= 15 is 0 Å². The highest BCUT2D eigenvalue weighted by Crippen LogP contribution is 2.32. The molecule has 1 heterocycles. The maximum atomic E-state index is 13.4. The number of hydrogen-bond acceptors (Lipinski definition) is 7. The van der Waals surface area contributed by atoms with Crippen molar-refractivity contribution >= 4 is 17.4 Å². The largest absolute Gasteiger partial charge is 0.494 e. The quantitative estimate of drug-likeness (QED) is 0.284. The predicted octanol–water partition coefficient (Wildman–Crippen LogP) is 2.58. The predicted molar refractivity (Wildman–Crippen MR) is 122 cm³/mol. The van der Waals surface area contributed by atoms with Crippen molar-refractivity contribution in [2.45, 2.75) is 26.7 Å². The van der Waals surface area contributed by atoms with Gasteiger partial charge in [0, 0.05) is 47.1 Å². The van der Waals surface area contributed by atoms with Gasteiger partial charge in [0.1, 0.15) is 11.4 Å². The van der Waals surface area contributed by atoms with Gasteiger partial charge in [0.2, 0.25) is 0 Å². The van der Waals surface area contributed by atoms with Crippen molar-refractivity contribution in [1.29, 1.82) is 0 Å². The molecule has 8 nitrogen and oxygen atoms in total. The van der Waals surface area contributed by atoms with E-state index in [1.807, 2.05) is 43.0 Å². The summed E-state index contributed by atoms with van der Waals surface area (Å²) in [6.07, 6.45) is 1.50. The lowest BCUT2D eigenvalue weighted by Crippen LogP contribution is -2.38. The van der Waals surface area contributed by atoms with Crippen LogP contribution in [0.1, 0.15) is 32.3 Å². The second-order valence-electron chi connectivity index (χ2n) is 7.38. The fraction of sp³-hybridized carbons (Fsp3) is 0.583. The van der Waals surface area contributed by atoms with Crippen LogP contribution < -0.4 is 4.74 Å². The topological polar surface area (TPSA) is 77.5 Å². The van der Waals surface area contributed by atoms with Crippen LogP contribution in [-0.2, 0) is 23.8 Å². The van der Waals surface area contributed by atoms with Gasteiger partial charge in [-0.15, -0.1) is 0 Å². The lowest BCUT2D eigenvalue weighted by atomic mass is 10.0. The zero-order valence-electron chi connectivity index (χ0n) is 19.7. The Bertz CT molecular complexity index is 754. The second kappa shape index (κ2) is 13.9. The van der Waals surface area contributed by atoms with Gasteiger partial charge in [-0.25, -0.2) is 0 Å². The van der Waals surface area contributed by atoms with Crippen LogP contribution in [0.3, 0.4) is 0 Å². The van der Waals surface area contributed by atoms with E-state index in [0.29, 0.717) is 75.9 Å². The summed E-state index contributed by atoms with van der Waals surface area (Å²) in [7, 11) is 3.22. The normalized spacial score (nSPS) is 13.9. The van der Waals surface area contributed by atoms with Crippen LogP contribution in [0.25, 0.3) is 5.57 Å². The van der Waals surface area contributed by atoms with Crippen molar-refractivity contribution in [2.24, 2.45) is 0 Å². The maximum Gasteiger partial charge on any atom is 0.277 e. The summed E-state index contributed by atoms with van der Waals surface area (Å²) >= 11 is 0. The Morgan fingerprint density at radius 1 is 0.875 bits per heavy atom. The van der Waals surface area contributed by atoms with Gasteiger partial charge in [0.25, 0.3) is 11.8 Å². The first-order valence-corrected chi connectivity index (χ1v) is 11.2. The second-order valence-corrected chi connectivity index (χ2v) is 7.38. The molecule has 1 aromatic rings. The van der Waals surface area contributed by atoms with Crippen LogP contribution in [0.2, 0.25) is 0 Å². The first-order valence-electron chi connectivity index (χ1n) is 11.2. The SMILES string of the molecule is CCCOc1ccc(C2=C(N(CCOC)CCOC)C(=O)N(CCCOCC)C2=O)cc1. The van der Waals surface area contributed by atoms with Crippen molar-refractivity contribution in [3.8, 4) is 5.75 Å². The number of ether oxygens (including phenoxy) is 4. The van der Waals surface area contributed by atoms with Gasteiger partial charge >= 0.3 is 0 Å². The number of imide groups is 1. The molecule has 1 aromatic carbocycles. The Morgan fingerprint density at radius 2 is 1.53 bits per heavy atom. The first-order chi connectivity index (χ1) is 15.6. The number of methoxy groups -OCH3 is 2. The summed E-state index contributed by atoms with van der Waals surface area (Å²) < 4.78 is 21.5. The van der Waals surface area contributed by atoms with Crippen molar-refractivity contribution in [3.63, 3.8) is 0 Å². The van der Waals surface area contributed by atoms with Gasteiger partial charge in [0.05, 0.1) is 25.4 Å². The molecule has 2 amide bonds. The highest BCUT2D eigenvalue weighted by molar-refractivity contribution is 6.35. The summed E-state index contributed by atoms with van der Waals surface area (Å²) in [6.45, 7) is 7.80. The number of amides is 2. The zero-order valence-corrected chi connectivity index (χ0v) is 19.7. The van der Waals surface area contributed by atoms with Crippen molar-refractivity contribution in [2.75, 3.05) is 66.9 Å². The lowest BCUT2D eigenvalue weighted by Gasteiger charge is -2.25. The van der Waals surface area contributed by atoms with Crippen molar-refractivity contribution in [3.05, 3.63) is 35.5 Å². The molecule has 0 radical (unpaired) electrons. The smallest absolute Gasteiger partial charge is 0.277 e. The fourth-order valence-corrected chi connectivity index (χ4v) is 3.47. The maximum absolute atomic E-state index is 13.4. The third-order valence-electron chi connectivity index (χ3n) is 5.08. The molecule has 0 unspecified atom stereocenters. The van der Waals surface area contributed by atoms with Gasteiger partial charge < -0.3 is 23.8 Å². The molecule has 2 rings (SSSR count). The van der Waals surface area contributed by atoms with Crippen molar-refractivity contribution in [1.82, 2.24) is 9.80 Å². The van der Waals surface area contributed by atoms with E-state index in [0.717, 1.165) is 12.2 Å². The number of hydrogen-bond donors (Lipinski definition) is 0. The van der Waals surface area contributed by atoms with Gasteiger partial charge in [0.15, 0.2) is 0 Å². The highest BCUT2D eigenvalue weighted by atomic mass is 16.5. The van der Waals surface area contributed by atoms with Gasteiger partial charge in [-0.3, -0.25) is 14.5 Å². The number of benzene rings is 1. The summed E-state index contributed by atoms with van der Waals surface area (Å²) in [5.74, 6) is 0.155. The van der Waals surface area contributed by atoms with Crippen molar-refractivity contribution < 1.29 is 28.5 Å². The minimum Gasteiger partial charge on any atom is -0.494 e. The molecule has 0 fully saturated rings. The summed E-state index contributed by atoms with van der Waals surface area (Å²) in [6, 6.07) is 7.33. The molecule has 0 saturated heterocycles. The molecular formula is C24H36N2O6. The molecule has 0 N–H and O–H groups in total. The third kappa shape index (κ3) is 6.79. The van der Waals surface area contributed by atoms with Crippen LogP contribution in [0.15, 0.2) is 30.0 Å². The Kier molecular flexibility index (Phi) is 11.2. The van der Waals surface area contributed by atoms with Crippen LogP contribution in [0, 0.1) is 0 Å². The molecule has 1 aliphatic heterocycles. The van der Waals surface area contributed by atoms with E-state index < -0.39 is 0 Å². The third-order valence-corrected chi connectivity index (χ3v) is 5.08. The lowest BCUT2D eigenvalue weighted by molar-refractivity contribution is -0.137. The van der Waals surface area contributed by atoms with Gasteiger partial charge in [-0.05, 0) is 37.5 Å². The van der Waals surface area contributed by atoms with Gasteiger partial charge in [-0.1, -0.05) is 19.1 Å². The fourth-order valence-electron chi connectivity index (χ4n) is 3.47. The summed E-state index contributed by atoms with van der Waals surface area (Å²) in [5, 5.41) is 0. The van der Waals surface area contributed by atoms with E-state index in [1.54, 1.807) is 14.2 Å². The van der Waals surface area contributed by atoms with Crippen LogP contribution >= 0.6 is 0 Å². The highest BCUT2D eigenvalue weighted by Gasteiger charge is 2.41. The standard InChI is InChI=1S/C24H36N2O6/c1-5-15-32-20-10-8-19(9-11-20)21-22(25(13-17-29-3)14-18-30-4)24(28)26(23(21)27)12-7-16-31-6-2/h8-11H,5-7,12-18H2,1-4H3. The number of carbonyl (C=O) groups excluding carboxylic acids is 2. The molecule has 0 spiro atoms. The monoisotopic (exact) mass is 448 g/mol. The van der Waals surface area contributed by atoms with E-state index in [2.05, 4.69) is 0 Å².